The number of hydrogen-bond acceptors (Lipinski definition) is 0. The highest BCUT2D eigenvalue weighted by Crippen LogP contribution is 2.13. The maximum atomic E-state index is 2.35. The highest BCUT2D eigenvalue weighted by molar-refractivity contribution is 4.47. The molecule has 0 rings (SSSR count). The van der Waals surface area contributed by atoms with Crippen LogP contribution >= 0.6 is 0 Å². The van der Waals surface area contributed by atoms with Crippen molar-refractivity contribution < 1.29 is 42.9 Å². The molecule has 0 N–H and O–H groups in total. The summed E-state index contributed by atoms with van der Waals surface area (Å²) in [5, 5.41) is 0. The molecule has 2 nitrogen and oxygen atoms in total. The molecule has 0 aliphatic carbocycles. The zero-order valence-electron chi connectivity index (χ0n) is 16.1. The Bertz CT molecular complexity index is 187. The fourth-order valence-electron chi connectivity index (χ4n) is 3.54. The molecule has 0 atom stereocenters. The Balaban J connectivity index is -0.00000180. The normalized spacial score (nSPS) is 11.7. The predicted molar refractivity (Wildman–Crippen MR) is 92.0 cm³/mol. The fourth-order valence-corrected chi connectivity index (χ4v) is 3.54. The summed E-state index contributed by atoms with van der Waals surface area (Å²) in [5.74, 6) is 0. The Morgan fingerprint density at radius 1 is 0.409 bits per heavy atom. The Kier molecular flexibility index (Phi) is 19.4. The molecular formula is C18H42Br2N2. The van der Waals surface area contributed by atoms with E-state index in [-0.39, 0.29) is 34.0 Å². The summed E-state index contributed by atoms with van der Waals surface area (Å²) in [6.07, 6.45) is 5.69. The summed E-state index contributed by atoms with van der Waals surface area (Å²) in [5.41, 5.74) is 0. The topological polar surface area (TPSA) is 0 Å². The molecule has 0 radical (unpaired) electrons. The van der Waals surface area contributed by atoms with E-state index in [0.29, 0.717) is 0 Å². The lowest BCUT2D eigenvalue weighted by Crippen LogP contribution is -3.00. The number of unbranched alkanes of at least 4 members (excludes halogenated alkanes) is 3. The quantitative estimate of drug-likeness (QED) is 0.234. The van der Waals surface area contributed by atoms with Crippen LogP contribution in [-0.4, -0.2) is 61.3 Å². The Morgan fingerprint density at radius 2 is 0.636 bits per heavy atom. The van der Waals surface area contributed by atoms with E-state index in [2.05, 4.69) is 41.5 Å². The molecule has 0 saturated carbocycles. The molecule has 0 fully saturated rings. The molecule has 4 heteroatoms. The van der Waals surface area contributed by atoms with Crippen molar-refractivity contribution in [1.82, 2.24) is 0 Å². The van der Waals surface area contributed by atoms with Crippen LogP contribution in [0, 0.1) is 0 Å². The van der Waals surface area contributed by atoms with Crippen molar-refractivity contribution in [3.8, 4) is 0 Å². The fraction of sp³-hybridized carbons (Fsp3) is 1.00. The third kappa shape index (κ3) is 9.24. The highest BCUT2D eigenvalue weighted by atomic mass is 79.9. The van der Waals surface area contributed by atoms with E-state index < -0.39 is 0 Å². The number of rotatable bonds is 13. The molecule has 0 spiro atoms. The number of nitrogens with zero attached hydrogens (tertiary/aromatic N) is 2. The predicted octanol–water partition coefficient (Wildman–Crippen LogP) is -1.69. The average molecular weight is 446 g/mol. The van der Waals surface area contributed by atoms with Gasteiger partial charge < -0.3 is 42.9 Å². The zero-order chi connectivity index (χ0) is 15.5. The van der Waals surface area contributed by atoms with Crippen molar-refractivity contribution in [2.45, 2.75) is 67.2 Å². The van der Waals surface area contributed by atoms with Gasteiger partial charge in [0.25, 0.3) is 0 Å². The van der Waals surface area contributed by atoms with Crippen LogP contribution < -0.4 is 34.0 Å². The SMILES string of the molecule is CC[N+](CC)(CC)CCCCCC[N+](CC)(CC)CC.[Br-].[Br-]. The summed E-state index contributed by atoms with van der Waals surface area (Å²) in [6.45, 7) is 24.7. The minimum atomic E-state index is 0. The Labute approximate surface area is 162 Å². The van der Waals surface area contributed by atoms with E-state index in [1.165, 1.54) is 87.0 Å². The van der Waals surface area contributed by atoms with Gasteiger partial charge in [0.05, 0.1) is 52.4 Å². The van der Waals surface area contributed by atoms with Gasteiger partial charge >= 0.3 is 0 Å². The van der Waals surface area contributed by atoms with Crippen molar-refractivity contribution in [3.63, 3.8) is 0 Å². The monoisotopic (exact) mass is 444 g/mol. The Hall–Kier alpha value is 0.880. The van der Waals surface area contributed by atoms with Gasteiger partial charge in [0.1, 0.15) is 0 Å². The summed E-state index contributed by atoms with van der Waals surface area (Å²) < 4.78 is 2.64. The van der Waals surface area contributed by atoms with Crippen LogP contribution in [0.25, 0.3) is 0 Å². The van der Waals surface area contributed by atoms with Gasteiger partial charge in [0.15, 0.2) is 0 Å². The van der Waals surface area contributed by atoms with Crippen LogP contribution in [0.4, 0.5) is 0 Å². The van der Waals surface area contributed by atoms with Crippen LogP contribution in [0.3, 0.4) is 0 Å². The van der Waals surface area contributed by atoms with Crippen molar-refractivity contribution in [2.75, 3.05) is 52.4 Å². The lowest BCUT2D eigenvalue weighted by molar-refractivity contribution is -0.924. The first-order chi connectivity index (χ1) is 9.57. The molecule has 138 valence electrons. The van der Waals surface area contributed by atoms with Crippen LogP contribution in [0.15, 0.2) is 0 Å². The molecule has 0 unspecified atom stereocenters. The van der Waals surface area contributed by atoms with E-state index in [1.807, 2.05) is 0 Å². The second-order valence-electron chi connectivity index (χ2n) is 6.44. The zero-order valence-corrected chi connectivity index (χ0v) is 19.3. The second-order valence-corrected chi connectivity index (χ2v) is 6.44. The minimum Gasteiger partial charge on any atom is -1.00 e. The van der Waals surface area contributed by atoms with Crippen molar-refractivity contribution >= 4 is 0 Å². The van der Waals surface area contributed by atoms with Gasteiger partial charge in [0.2, 0.25) is 0 Å². The molecule has 0 aromatic rings. The maximum absolute atomic E-state index is 2.35. The number of quaternary nitrogens is 2. The summed E-state index contributed by atoms with van der Waals surface area (Å²) in [6, 6.07) is 0. The lowest BCUT2D eigenvalue weighted by Gasteiger charge is -2.36. The molecule has 0 heterocycles. The molecule has 0 bridgehead atoms. The second kappa shape index (κ2) is 15.4. The summed E-state index contributed by atoms with van der Waals surface area (Å²) in [7, 11) is 0. The molecular weight excluding hydrogens is 404 g/mol. The summed E-state index contributed by atoms with van der Waals surface area (Å²) >= 11 is 0. The lowest BCUT2D eigenvalue weighted by atomic mass is 10.1. The van der Waals surface area contributed by atoms with Gasteiger partial charge in [-0.2, -0.15) is 0 Å². The first-order valence-electron chi connectivity index (χ1n) is 9.27. The van der Waals surface area contributed by atoms with Gasteiger partial charge in [-0.25, -0.2) is 0 Å². The van der Waals surface area contributed by atoms with E-state index in [1.54, 1.807) is 0 Å². The van der Waals surface area contributed by atoms with Gasteiger partial charge in [0, 0.05) is 0 Å². The van der Waals surface area contributed by atoms with Gasteiger partial charge in [-0.3, -0.25) is 0 Å². The minimum absolute atomic E-state index is 0. The first-order valence-corrected chi connectivity index (χ1v) is 9.27. The van der Waals surface area contributed by atoms with E-state index in [9.17, 15) is 0 Å². The third-order valence-corrected chi connectivity index (χ3v) is 6.04. The summed E-state index contributed by atoms with van der Waals surface area (Å²) in [4.78, 5) is 0. The number of hydrogen-bond donors (Lipinski definition) is 0. The molecule has 0 amide bonds. The van der Waals surface area contributed by atoms with Crippen molar-refractivity contribution in [3.05, 3.63) is 0 Å². The van der Waals surface area contributed by atoms with E-state index in [4.69, 9.17) is 0 Å². The van der Waals surface area contributed by atoms with Crippen molar-refractivity contribution in [1.29, 1.82) is 0 Å². The third-order valence-electron chi connectivity index (χ3n) is 6.04. The number of halogens is 2. The molecule has 22 heavy (non-hydrogen) atoms. The van der Waals surface area contributed by atoms with Crippen molar-refractivity contribution in [2.24, 2.45) is 0 Å². The standard InChI is InChI=1S/C18H42N2.2BrH/c1-7-19(8-2,9-3)17-15-13-14-16-18-20(10-4,11-5)12-6;;/h7-18H2,1-6H3;2*1H/q+2;;/p-2. The average Bonchev–Trinajstić information content (AvgIpc) is 2.52. The molecule has 0 saturated heterocycles. The van der Waals surface area contributed by atoms with E-state index >= 15 is 0 Å². The van der Waals surface area contributed by atoms with Gasteiger partial charge in [-0.15, -0.1) is 0 Å². The Morgan fingerprint density at radius 3 is 0.818 bits per heavy atom. The molecule has 0 aromatic heterocycles. The van der Waals surface area contributed by atoms with E-state index in [0.717, 1.165) is 0 Å². The molecule has 0 aromatic carbocycles. The molecule has 0 aliphatic heterocycles. The van der Waals surface area contributed by atoms with Crippen LogP contribution in [0.5, 0.6) is 0 Å². The van der Waals surface area contributed by atoms with Crippen LogP contribution in [0.1, 0.15) is 67.2 Å². The van der Waals surface area contributed by atoms with Gasteiger partial charge in [-0.1, -0.05) is 0 Å². The smallest absolute Gasteiger partial charge is 0.0786 e. The molecule has 0 aliphatic rings. The maximum Gasteiger partial charge on any atom is 0.0786 e. The van der Waals surface area contributed by atoms with Crippen LogP contribution in [-0.2, 0) is 0 Å². The van der Waals surface area contributed by atoms with Crippen LogP contribution in [0.2, 0.25) is 0 Å². The highest BCUT2D eigenvalue weighted by Gasteiger charge is 2.21. The first kappa shape index (κ1) is 27.7. The van der Waals surface area contributed by atoms with Gasteiger partial charge in [-0.05, 0) is 67.2 Å². The largest absolute Gasteiger partial charge is 1.00 e.